The van der Waals surface area contributed by atoms with Crippen LogP contribution in [-0.2, 0) is 0 Å². The van der Waals surface area contributed by atoms with E-state index >= 15 is 0 Å². The maximum absolute atomic E-state index is 2.40. The van der Waals surface area contributed by atoms with Gasteiger partial charge in [-0.05, 0) is 41.7 Å². The molecule has 0 aliphatic heterocycles. The van der Waals surface area contributed by atoms with Crippen LogP contribution in [0.25, 0.3) is 0 Å². The molecule has 0 saturated heterocycles. The topological polar surface area (TPSA) is 0 Å². The molecule has 0 spiro atoms. The zero-order valence-corrected chi connectivity index (χ0v) is 7.95. The Hall–Kier alpha value is -0.300. The van der Waals surface area contributed by atoms with Gasteiger partial charge in [-0.1, -0.05) is 13.8 Å². The standard InChI is InChI=1S/C10H14S/c1-7(2)10-5-9(6-11-10)8-3-4-8/h5-8H,3-4H2,1-2H3. The molecule has 1 aromatic rings. The summed E-state index contributed by atoms with van der Waals surface area (Å²) in [5.74, 6) is 1.64. The molecule has 0 nitrogen and oxygen atoms in total. The van der Waals surface area contributed by atoms with E-state index in [1.807, 2.05) is 11.3 Å². The van der Waals surface area contributed by atoms with E-state index in [4.69, 9.17) is 0 Å². The first-order valence-corrected chi connectivity index (χ1v) is 5.23. The van der Waals surface area contributed by atoms with Crippen molar-refractivity contribution in [2.75, 3.05) is 0 Å². The second-order valence-electron chi connectivity index (χ2n) is 3.71. The third kappa shape index (κ3) is 1.48. The van der Waals surface area contributed by atoms with Crippen LogP contribution in [0.1, 0.15) is 49.0 Å². The lowest BCUT2D eigenvalue weighted by molar-refractivity contribution is 0.887. The molecule has 11 heavy (non-hydrogen) atoms. The van der Waals surface area contributed by atoms with Crippen molar-refractivity contribution in [2.24, 2.45) is 0 Å². The van der Waals surface area contributed by atoms with Crippen molar-refractivity contribution in [3.05, 3.63) is 21.9 Å². The summed E-state index contributed by atoms with van der Waals surface area (Å²) in [4.78, 5) is 1.55. The summed E-state index contributed by atoms with van der Waals surface area (Å²) in [5.41, 5.74) is 1.60. The van der Waals surface area contributed by atoms with E-state index in [1.54, 1.807) is 10.4 Å². The van der Waals surface area contributed by atoms with Gasteiger partial charge in [0.2, 0.25) is 0 Å². The molecule has 1 aliphatic carbocycles. The lowest BCUT2D eigenvalue weighted by atomic mass is 10.1. The van der Waals surface area contributed by atoms with Crippen molar-refractivity contribution in [3.63, 3.8) is 0 Å². The van der Waals surface area contributed by atoms with Crippen LogP contribution in [0.5, 0.6) is 0 Å². The van der Waals surface area contributed by atoms with Crippen LogP contribution in [0.3, 0.4) is 0 Å². The first-order chi connectivity index (χ1) is 5.27. The first kappa shape index (κ1) is 7.35. The average molecular weight is 166 g/mol. The van der Waals surface area contributed by atoms with E-state index in [2.05, 4.69) is 25.3 Å². The number of hydrogen-bond donors (Lipinski definition) is 0. The van der Waals surface area contributed by atoms with Crippen LogP contribution >= 0.6 is 11.3 Å². The fraction of sp³-hybridized carbons (Fsp3) is 0.600. The van der Waals surface area contributed by atoms with Gasteiger partial charge in [0.1, 0.15) is 0 Å². The Labute approximate surface area is 72.3 Å². The highest BCUT2D eigenvalue weighted by atomic mass is 32.1. The fourth-order valence-electron chi connectivity index (χ4n) is 1.30. The summed E-state index contributed by atoms with van der Waals surface area (Å²) >= 11 is 1.93. The van der Waals surface area contributed by atoms with Gasteiger partial charge in [0.25, 0.3) is 0 Å². The lowest BCUT2D eigenvalue weighted by Crippen LogP contribution is -1.79. The third-order valence-corrected chi connectivity index (χ3v) is 3.51. The SMILES string of the molecule is CC(C)c1cc(C2CC2)cs1. The van der Waals surface area contributed by atoms with Crippen molar-refractivity contribution >= 4 is 11.3 Å². The van der Waals surface area contributed by atoms with Crippen molar-refractivity contribution in [1.29, 1.82) is 0 Å². The number of hydrogen-bond acceptors (Lipinski definition) is 1. The second-order valence-corrected chi connectivity index (χ2v) is 4.65. The molecule has 1 fully saturated rings. The zero-order valence-electron chi connectivity index (χ0n) is 7.13. The molecular formula is C10H14S. The minimum atomic E-state index is 0.715. The van der Waals surface area contributed by atoms with Gasteiger partial charge < -0.3 is 0 Å². The van der Waals surface area contributed by atoms with E-state index in [0.717, 1.165) is 5.92 Å². The zero-order chi connectivity index (χ0) is 7.84. The Kier molecular flexibility index (Phi) is 1.76. The molecule has 0 aromatic carbocycles. The Bertz CT molecular complexity index is 227. The molecule has 0 radical (unpaired) electrons. The number of thiophene rings is 1. The van der Waals surface area contributed by atoms with E-state index in [-0.39, 0.29) is 0 Å². The van der Waals surface area contributed by atoms with Crippen LogP contribution < -0.4 is 0 Å². The van der Waals surface area contributed by atoms with Gasteiger partial charge in [0, 0.05) is 4.88 Å². The number of rotatable bonds is 2. The fourth-order valence-corrected chi connectivity index (χ4v) is 2.31. The van der Waals surface area contributed by atoms with Crippen LogP contribution in [-0.4, -0.2) is 0 Å². The van der Waals surface area contributed by atoms with E-state index in [9.17, 15) is 0 Å². The molecule has 0 atom stereocenters. The van der Waals surface area contributed by atoms with E-state index in [0.29, 0.717) is 5.92 Å². The molecule has 60 valence electrons. The molecule has 1 aliphatic rings. The molecular weight excluding hydrogens is 152 g/mol. The summed E-state index contributed by atoms with van der Waals surface area (Å²) in [5, 5.41) is 2.34. The van der Waals surface area contributed by atoms with Crippen LogP contribution in [0.4, 0.5) is 0 Å². The summed E-state index contributed by atoms with van der Waals surface area (Å²) in [6.07, 6.45) is 2.85. The van der Waals surface area contributed by atoms with Gasteiger partial charge >= 0.3 is 0 Å². The smallest absolute Gasteiger partial charge is 0.00736 e. The van der Waals surface area contributed by atoms with Crippen LogP contribution in [0.15, 0.2) is 11.4 Å². The maximum Gasteiger partial charge on any atom is 0.00736 e. The highest BCUT2D eigenvalue weighted by molar-refractivity contribution is 7.10. The molecule has 0 bridgehead atoms. The van der Waals surface area contributed by atoms with E-state index < -0.39 is 0 Å². The Morgan fingerprint density at radius 3 is 2.64 bits per heavy atom. The largest absolute Gasteiger partial charge is 0.148 e. The molecule has 1 heteroatoms. The molecule has 1 heterocycles. The molecule has 0 amide bonds. The molecule has 1 aromatic heterocycles. The second kappa shape index (κ2) is 2.63. The van der Waals surface area contributed by atoms with Crippen molar-refractivity contribution in [1.82, 2.24) is 0 Å². The van der Waals surface area contributed by atoms with Gasteiger partial charge in [-0.15, -0.1) is 11.3 Å². The molecule has 0 unspecified atom stereocenters. The third-order valence-electron chi connectivity index (χ3n) is 2.26. The Balaban J connectivity index is 2.18. The van der Waals surface area contributed by atoms with Crippen molar-refractivity contribution < 1.29 is 0 Å². The van der Waals surface area contributed by atoms with Crippen LogP contribution in [0, 0.1) is 0 Å². The quantitative estimate of drug-likeness (QED) is 0.627. The monoisotopic (exact) mass is 166 g/mol. The van der Waals surface area contributed by atoms with Crippen LogP contribution in [0.2, 0.25) is 0 Å². The minimum Gasteiger partial charge on any atom is -0.148 e. The summed E-state index contributed by atoms with van der Waals surface area (Å²) < 4.78 is 0. The maximum atomic E-state index is 2.40. The Morgan fingerprint density at radius 2 is 2.18 bits per heavy atom. The lowest BCUT2D eigenvalue weighted by Gasteiger charge is -1.96. The van der Waals surface area contributed by atoms with Gasteiger partial charge in [0.05, 0.1) is 0 Å². The predicted molar refractivity (Wildman–Crippen MR) is 50.4 cm³/mol. The highest BCUT2D eigenvalue weighted by Crippen LogP contribution is 2.42. The highest BCUT2D eigenvalue weighted by Gasteiger charge is 2.24. The van der Waals surface area contributed by atoms with Gasteiger partial charge in [-0.25, -0.2) is 0 Å². The first-order valence-electron chi connectivity index (χ1n) is 4.35. The summed E-state index contributed by atoms with van der Waals surface area (Å²) in [6.45, 7) is 4.53. The molecule has 1 saturated carbocycles. The van der Waals surface area contributed by atoms with Crippen molar-refractivity contribution in [2.45, 2.75) is 38.5 Å². The molecule has 0 N–H and O–H groups in total. The minimum absolute atomic E-state index is 0.715. The predicted octanol–water partition coefficient (Wildman–Crippen LogP) is 3.75. The Morgan fingerprint density at radius 1 is 1.45 bits per heavy atom. The summed E-state index contributed by atoms with van der Waals surface area (Å²) in [7, 11) is 0. The van der Waals surface area contributed by atoms with Gasteiger partial charge in [-0.2, -0.15) is 0 Å². The summed E-state index contributed by atoms with van der Waals surface area (Å²) in [6, 6.07) is 2.40. The molecule has 2 rings (SSSR count). The van der Waals surface area contributed by atoms with Crippen molar-refractivity contribution in [3.8, 4) is 0 Å². The van der Waals surface area contributed by atoms with Gasteiger partial charge in [0.15, 0.2) is 0 Å². The average Bonchev–Trinajstić information content (AvgIpc) is 2.68. The normalized spacial score (nSPS) is 17.7. The van der Waals surface area contributed by atoms with E-state index in [1.165, 1.54) is 12.8 Å². The van der Waals surface area contributed by atoms with Gasteiger partial charge in [-0.3, -0.25) is 0 Å².